The third-order valence-corrected chi connectivity index (χ3v) is 9.12. The largest absolute Gasteiger partial charge is 0.351 e. The minimum Gasteiger partial charge on any atom is -0.351 e. The van der Waals surface area contributed by atoms with E-state index in [0.717, 1.165) is 24.2 Å². The van der Waals surface area contributed by atoms with Crippen LogP contribution in [0.25, 0.3) is 0 Å². The molecular weight excluding hydrogens is 374 g/mol. The Morgan fingerprint density at radius 1 is 1.35 bits per heavy atom. The van der Waals surface area contributed by atoms with E-state index < -0.39 is 15.4 Å². The summed E-state index contributed by atoms with van der Waals surface area (Å²) in [7, 11) is -3.75. The Morgan fingerprint density at radius 2 is 2.12 bits per heavy atom. The van der Waals surface area contributed by atoms with Crippen LogP contribution in [0.4, 0.5) is 5.13 Å². The van der Waals surface area contributed by atoms with Crippen molar-refractivity contribution in [2.45, 2.75) is 46.0 Å². The number of nitrogens with one attached hydrogen (secondary N) is 2. The summed E-state index contributed by atoms with van der Waals surface area (Å²) in [6.45, 7) is 4.63. The Kier molecular flexibility index (Phi) is 3.97. The number of thiazole rings is 1. The van der Waals surface area contributed by atoms with E-state index in [4.69, 9.17) is 0 Å². The van der Waals surface area contributed by atoms with Crippen LogP contribution in [-0.2, 0) is 21.2 Å². The molecule has 1 aliphatic heterocycles. The normalized spacial score (nSPS) is 30.0. The van der Waals surface area contributed by atoms with Gasteiger partial charge in [0, 0.05) is 13.0 Å². The van der Waals surface area contributed by atoms with Gasteiger partial charge in [0.25, 0.3) is 5.91 Å². The van der Waals surface area contributed by atoms with E-state index in [1.165, 1.54) is 0 Å². The molecule has 2 heterocycles. The molecule has 1 aromatic rings. The summed E-state index contributed by atoms with van der Waals surface area (Å²) in [6, 6.07) is 0. The van der Waals surface area contributed by atoms with Crippen LogP contribution in [0.2, 0.25) is 0 Å². The molecule has 2 saturated carbocycles. The molecule has 3 aliphatic rings. The maximum Gasteiger partial charge on any atom is 0.263 e. The highest BCUT2D eigenvalue weighted by Crippen LogP contribution is 2.64. The third kappa shape index (κ3) is 2.58. The van der Waals surface area contributed by atoms with Crippen molar-refractivity contribution < 1.29 is 18.0 Å². The quantitative estimate of drug-likeness (QED) is 0.808. The Labute approximate surface area is 157 Å². The second-order valence-electron chi connectivity index (χ2n) is 8.18. The molecule has 0 radical (unpaired) electrons. The van der Waals surface area contributed by atoms with Crippen LogP contribution < -0.4 is 10.0 Å². The lowest BCUT2D eigenvalue weighted by Crippen LogP contribution is -2.43. The number of rotatable bonds is 4. The summed E-state index contributed by atoms with van der Waals surface area (Å²) in [4.78, 5) is 29.4. The summed E-state index contributed by atoms with van der Waals surface area (Å²) in [5.41, 5.74) is -0.479. The van der Waals surface area contributed by atoms with Gasteiger partial charge >= 0.3 is 0 Å². The molecule has 2 aliphatic carbocycles. The zero-order valence-corrected chi connectivity index (χ0v) is 16.6. The van der Waals surface area contributed by atoms with Crippen molar-refractivity contribution in [2.24, 2.45) is 16.7 Å². The van der Waals surface area contributed by atoms with E-state index in [9.17, 15) is 18.0 Å². The first-order valence-corrected chi connectivity index (χ1v) is 11.4. The van der Waals surface area contributed by atoms with Crippen LogP contribution in [0, 0.1) is 16.7 Å². The maximum atomic E-state index is 12.8. The van der Waals surface area contributed by atoms with Crippen molar-refractivity contribution in [3.8, 4) is 0 Å². The fourth-order valence-electron chi connectivity index (χ4n) is 4.88. The fourth-order valence-corrected chi connectivity index (χ4v) is 7.92. The number of hydrogen-bond acceptors (Lipinski definition) is 6. The highest BCUT2D eigenvalue weighted by atomic mass is 32.2. The van der Waals surface area contributed by atoms with Crippen LogP contribution in [0.3, 0.4) is 0 Å². The molecule has 7 nitrogen and oxygen atoms in total. The standard InChI is InChI=1S/C17H23N3O4S2/c1-16(2)10-5-6-17(16,12(21)8-10)9-26(23,24)20-15-19-11-4-3-7-18-14(22)13(11)25-15/h10H,3-9H2,1-2H3,(H,18,22)(H,19,20). The van der Waals surface area contributed by atoms with Gasteiger partial charge in [-0.25, -0.2) is 13.4 Å². The smallest absolute Gasteiger partial charge is 0.263 e. The molecule has 4 rings (SSSR count). The zero-order valence-electron chi connectivity index (χ0n) is 14.9. The number of amides is 1. The topological polar surface area (TPSA) is 105 Å². The van der Waals surface area contributed by atoms with Gasteiger partial charge in [0.05, 0.1) is 16.9 Å². The average molecular weight is 398 g/mol. The van der Waals surface area contributed by atoms with E-state index in [2.05, 4.69) is 15.0 Å². The monoisotopic (exact) mass is 397 g/mol. The highest BCUT2D eigenvalue weighted by Gasteiger charge is 2.65. The summed E-state index contributed by atoms with van der Waals surface area (Å²) < 4.78 is 28.2. The zero-order chi connectivity index (χ0) is 18.7. The molecule has 2 fully saturated rings. The number of ketones is 1. The van der Waals surface area contributed by atoms with Crippen molar-refractivity contribution in [2.75, 3.05) is 17.0 Å². The van der Waals surface area contributed by atoms with Gasteiger partial charge in [0.15, 0.2) is 5.13 Å². The molecule has 0 spiro atoms. The van der Waals surface area contributed by atoms with Gasteiger partial charge in [0.2, 0.25) is 10.0 Å². The van der Waals surface area contributed by atoms with Gasteiger partial charge < -0.3 is 5.32 Å². The SMILES string of the molecule is CC1(C)C2CCC1(CS(=O)(=O)Nc1nc3c(s1)C(=O)NCCC3)C(=O)C2. The Balaban J connectivity index is 1.58. The van der Waals surface area contributed by atoms with E-state index in [-0.39, 0.29) is 33.9 Å². The van der Waals surface area contributed by atoms with Gasteiger partial charge in [-0.15, -0.1) is 0 Å². The van der Waals surface area contributed by atoms with Crippen molar-refractivity contribution >= 4 is 38.2 Å². The number of aryl methyl sites for hydroxylation is 1. The minimum atomic E-state index is -3.75. The molecule has 2 unspecified atom stereocenters. The van der Waals surface area contributed by atoms with Gasteiger partial charge in [-0.1, -0.05) is 25.2 Å². The minimum absolute atomic E-state index is 0.0680. The van der Waals surface area contributed by atoms with Crippen molar-refractivity contribution in [3.05, 3.63) is 10.6 Å². The Hall–Kier alpha value is -1.48. The fraction of sp³-hybridized carbons (Fsp3) is 0.706. The first-order chi connectivity index (χ1) is 12.1. The summed E-state index contributed by atoms with van der Waals surface area (Å²) >= 11 is 1.06. The van der Waals surface area contributed by atoms with E-state index in [1.807, 2.05) is 13.8 Å². The lowest BCUT2D eigenvalue weighted by Gasteiger charge is -2.36. The number of aromatic nitrogens is 1. The lowest BCUT2D eigenvalue weighted by molar-refractivity contribution is -0.128. The molecule has 1 aromatic heterocycles. The number of hydrogen-bond donors (Lipinski definition) is 2. The Morgan fingerprint density at radius 3 is 2.77 bits per heavy atom. The lowest BCUT2D eigenvalue weighted by atomic mass is 9.70. The number of fused-ring (bicyclic) bond motifs is 3. The van der Waals surface area contributed by atoms with Crippen LogP contribution in [0.15, 0.2) is 0 Å². The van der Waals surface area contributed by atoms with Crippen LogP contribution >= 0.6 is 11.3 Å². The predicted octanol–water partition coefficient (Wildman–Crippen LogP) is 1.96. The van der Waals surface area contributed by atoms with Gasteiger partial charge in [-0.3, -0.25) is 14.3 Å². The summed E-state index contributed by atoms with van der Waals surface area (Å²) in [5, 5.41) is 2.99. The highest BCUT2D eigenvalue weighted by molar-refractivity contribution is 7.92. The van der Waals surface area contributed by atoms with Crippen molar-refractivity contribution in [3.63, 3.8) is 0 Å². The second kappa shape index (κ2) is 5.76. The predicted molar refractivity (Wildman–Crippen MR) is 98.7 cm³/mol. The van der Waals surface area contributed by atoms with Crippen LogP contribution in [-0.4, -0.2) is 37.4 Å². The van der Waals surface area contributed by atoms with E-state index >= 15 is 0 Å². The molecule has 9 heteroatoms. The number of sulfonamides is 1. The van der Waals surface area contributed by atoms with Gasteiger partial charge in [-0.2, -0.15) is 0 Å². The average Bonchev–Trinajstić information content (AvgIpc) is 3.04. The first kappa shape index (κ1) is 17.9. The molecular formula is C17H23N3O4S2. The maximum absolute atomic E-state index is 12.8. The molecule has 2 N–H and O–H groups in total. The molecule has 1 amide bonds. The molecule has 2 bridgehead atoms. The summed E-state index contributed by atoms with van der Waals surface area (Å²) in [5.74, 6) is -0.0771. The van der Waals surface area contributed by atoms with E-state index in [0.29, 0.717) is 36.4 Å². The number of carbonyl (C=O) groups is 2. The van der Waals surface area contributed by atoms with Crippen molar-refractivity contribution in [1.29, 1.82) is 0 Å². The van der Waals surface area contributed by atoms with Gasteiger partial charge in [-0.05, 0) is 37.0 Å². The third-order valence-electron chi connectivity index (χ3n) is 6.60. The molecule has 0 saturated heterocycles. The van der Waals surface area contributed by atoms with Gasteiger partial charge in [0.1, 0.15) is 10.7 Å². The number of anilines is 1. The number of Topliss-reactive ketones (excluding diaryl/α,β-unsaturated/α-hetero) is 1. The van der Waals surface area contributed by atoms with E-state index in [1.54, 1.807) is 0 Å². The number of nitrogens with zero attached hydrogens (tertiary/aromatic N) is 1. The first-order valence-electron chi connectivity index (χ1n) is 8.96. The molecule has 0 aromatic carbocycles. The second-order valence-corrected chi connectivity index (χ2v) is 10.9. The van der Waals surface area contributed by atoms with Crippen LogP contribution in [0.1, 0.15) is 54.9 Å². The van der Waals surface area contributed by atoms with Crippen LogP contribution in [0.5, 0.6) is 0 Å². The van der Waals surface area contributed by atoms with Crippen molar-refractivity contribution in [1.82, 2.24) is 10.3 Å². The number of carbonyl (C=O) groups excluding carboxylic acids is 2. The molecule has 26 heavy (non-hydrogen) atoms. The summed E-state index contributed by atoms with van der Waals surface area (Å²) in [6.07, 6.45) is 3.43. The molecule has 142 valence electrons. The Bertz CT molecular complexity index is 890. The molecule has 2 atom stereocenters.